The molecule has 186 valence electrons. The summed E-state index contributed by atoms with van der Waals surface area (Å²) in [6.07, 6.45) is 10.0. The minimum Gasteiger partial charge on any atom is -0.465 e. The van der Waals surface area contributed by atoms with E-state index in [2.05, 4.69) is 12.2 Å². The Morgan fingerprint density at radius 2 is 1.89 bits per heavy atom. The van der Waals surface area contributed by atoms with Crippen LogP contribution in [0.1, 0.15) is 31.7 Å². The lowest BCUT2D eigenvalue weighted by Gasteiger charge is -2.36. The van der Waals surface area contributed by atoms with Crippen LogP contribution in [0.5, 0.6) is 0 Å². The average molecular weight is 497 g/mol. The molecule has 1 spiro atoms. The van der Waals surface area contributed by atoms with E-state index in [9.17, 15) is 19.5 Å². The number of aliphatic hydroxyl groups is 1. The fraction of sp³-hybridized carbons (Fsp3) is 0.519. The van der Waals surface area contributed by atoms with Crippen LogP contribution >= 0.6 is 11.8 Å². The van der Waals surface area contributed by atoms with Crippen molar-refractivity contribution in [3.05, 3.63) is 60.2 Å². The zero-order valence-electron chi connectivity index (χ0n) is 20.0. The van der Waals surface area contributed by atoms with Crippen molar-refractivity contribution < 1.29 is 24.2 Å². The summed E-state index contributed by atoms with van der Waals surface area (Å²) in [5, 5.41) is 9.51. The molecule has 5 atom stereocenters. The number of rotatable bonds is 5. The molecular weight excluding hydrogens is 464 g/mol. The quantitative estimate of drug-likeness (QED) is 0.498. The third-order valence-electron chi connectivity index (χ3n) is 7.61. The lowest BCUT2D eigenvalue weighted by molar-refractivity contribution is -0.154. The molecule has 35 heavy (non-hydrogen) atoms. The molecule has 4 aliphatic rings. The molecule has 1 aromatic carbocycles. The van der Waals surface area contributed by atoms with Crippen LogP contribution in [0, 0.1) is 11.8 Å². The van der Waals surface area contributed by atoms with Gasteiger partial charge in [0.15, 0.2) is 0 Å². The first-order valence-electron chi connectivity index (χ1n) is 12.4. The second-order valence-corrected chi connectivity index (χ2v) is 11.7. The molecule has 1 unspecified atom stereocenters. The van der Waals surface area contributed by atoms with Gasteiger partial charge in [-0.3, -0.25) is 14.4 Å². The summed E-state index contributed by atoms with van der Waals surface area (Å²) >= 11 is 1.55. The van der Waals surface area contributed by atoms with Gasteiger partial charge in [0.25, 0.3) is 0 Å². The molecule has 2 amide bonds. The molecule has 2 fully saturated rings. The fourth-order valence-electron chi connectivity index (χ4n) is 6.11. The summed E-state index contributed by atoms with van der Waals surface area (Å²) < 4.78 is 4.08. The normalized spacial score (nSPS) is 35.4. The first-order chi connectivity index (χ1) is 16.9. The summed E-state index contributed by atoms with van der Waals surface area (Å²) in [5.74, 6) is -2.07. The van der Waals surface area contributed by atoms with Crippen molar-refractivity contribution in [3.63, 3.8) is 0 Å². The van der Waals surface area contributed by atoms with Gasteiger partial charge in [0.2, 0.25) is 11.8 Å². The molecule has 0 radical (unpaired) electrons. The maximum atomic E-state index is 14.2. The molecule has 2 saturated heterocycles. The van der Waals surface area contributed by atoms with Crippen LogP contribution in [0.4, 0.5) is 0 Å². The molecule has 4 heterocycles. The van der Waals surface area contributed by atoms with Crippen LogP contribution in [-0.2, 0) is 25.7 Å². The summed E-state index contributed by atoms with van der Waals surface area (Å²) in [7, 11) is 0. The summed E-state index contributed by atoms with van der Waals surface area (Å²) in [6.45, 7) is 3.38. The monoisotopic (exact) mass is 496 g/mol. The standard InChI is InChI=1S/C27H32N2O5S/c1-26-12-6-3-7-17-34-25(33)21(26)20-23(31)29(15-9-16-30)22-24(32)28(14-8-13-27(20,22)35-26)18-19-10-4-2-5-11-19/h2,4-6,8,10-13,20-22,30H,3,7,9,14-18H2,1H3/b12-6-/t20-,21+,22?,26-,27-/m0/s1. The number of aliphatic hydroxyl groups excluding tert-OH is 1. The van der Waals surface area contributed by atoms with Gasteiger partial charge in [-0.1, -0.05) is 54.6 Å². The van der Waals surface area contributed by atoms with E-state index in [0.717, 1.165) is 18.4 Å². The van der Waals surface area contributed by atoms with E-state index in [1.165, 1.54) is 0 Å². The average Bonchev–Trinajstić information content (AvgIpc) is 3.19. The van der Waals surface area contributed by atoms with E-state index in [0.29, 0.717) is 26.1 Å². The second-order valence-electron chi connectivity index (χ2n) is 9.92. The minimum atomic E-state index is -0.878. The van der Waals surface area contributed by atoms with E-state index >= 15 is 0 Å². The van der Waals surface area contributed by atoms with Gasteiger partial charge < -0.3 is 19.6 Å². The largest absolute Gasteiger partial charge is 0.465 e. The lowest BCUT2D eigenvalue weighted by atomic mass is 9.74. The number of allylic oxidation sites excluding steroid dienone is 1. The number of carbonyl (C=O) groups is 3. The number of benzene rings is 1. The van der Waals surface area contributed by atoms with Crippen molar-refractivity contribution in [1.82, 2.24) is 9.80 Å². The van der Waals surface area contributed by atoms with E-state index in [-0.39, 0.29) is 30.9 Å². The van der Waals surface area contributed by atoms with Gasteiger partial charge in [-0.25, -0.2) is 0 Å². The van der Waals surface area contributed by atoms with E-state index < -0.39 is 27.4 Å². The number of esters is 1. The number of ether oxygens (including phenoxy) is 1. The van der Waals surface area contributed by atoms with Crippen LogP contribution in [0.3, 0.4) is 0 Å². The highest BCUT2D eigenvalue weighted by molar-refractivity contribution is 8.02. The molecular formula is C27H32N2O5S. The van der Waals surface area contributed by atoms with Gasteiger partial charge in [0.1, 0.15) is 6.04 Å². The van der Waals surface area contributed by atoms with E-state index in [1.54, 1.807) is 21.6 Å². The lowest BCUT2D eigenvalue weighted by Crippen LogP contribution is -2.53. The number of carbonyl (C=O) groups excluding carboxylic acids is 3. The minimum absolute atomic E-state index is 0.0784. The summed E-state index contributed by atoms with van der Waals surface area (Å²) in [4.78, 5) is 44.9. The van der Waals surface area contributed by atoms with Gasteiger partial charge in [0.05, 0.1) is 23.2 Å². The Balaban J connectivity index is 1.58. The molecule has 0 aliphatic carbocycles. The molecule has 1 aromatic rings. The number of hydrogen-bond acceptors (Lipinski definition) is 6. The Bertz CT molecular complexity index is 1060. The number of hydrogen-bond donors (Lipinski definition) is 1. The smallest absolute Gasteiger partial charge is 0.311 e. The zero-order chi connectivity index (χ0) is 24.6. The maximum Gasteiger partial charge on any atom is 0.311 e. The van der Waals surface area contributed by atoms with Crippen molar-refractivity contribution in [2.24, 2.45) is 11.8 Å². The van der Waals surface area contributed by atoms with E-state index in [1.807, 2.05) is 49.4 Å². The number of amides is 2. The first-order valence-corrected chi connectivity index (χ1v) is 13.2. The van der Waals surface area contributed by atoms with Crippen molar-refractivity contribution in [2.75, 3.05) is 26.3 Å². The number of likely N-dealkylation sites (tertiary alicyclic amines) is 1. The Morgan fingerprint density at radius 1 is 1.09 bits per heavy atom. The van der Waals surface area contributed by atoms with Crippen LogP contribution < -0.4 is 0 Å². The third kappa shape index (κ3) is 4.00. The Hall–Kier alpha value is -2.58. The highest BCUT2D eigenvalue weighted by Crippen LogP contribution is 2.65. The molecule has 8 heteroatoms. The van der Waals surface area contributed by atoms with Crippen molar-refractivity contribution >= 4 is 29.5 Å². The highest BCUT2D eigenvalue weighted by atomic mass is 32.2. The zero-order valence-corrected chi connectivity index (χ0v) is 20.8. The molecule has 4 aliphatic heterocycles. The third-order valence-corrected chi connectivity index (χ3v) is 9.40. The molecule has 0 aromatic heterocycles. The topological polar surface area (TPSA) is 87.1 Å². The Labute approximate surface area is 210 Å². The van der Waals surface area contributed by atoms with Gasteiger partial charge in [-0.2, -0.15) is 0 Å². The Morgan fingerprint density at radius 3 is 2.66 bits per heavy atom. The first kappa shape index (κ1) is 24.1. The number of thioether (sulfide) groups is 1. The van der Waals surface area contributed by atoms with Crippen LogP contribution in [-0.4, -0.2) is 74.5 Å². The van der Waals surface area contributed by atoms with Crippen molar-refractivity contribution in [2.45, 2.75) is 48.3 Å². The van der Waals surface area contributed by atoms with Gasteiger partial charge in [-0.05, 0) is 31.7 Å². The molecule has 0 saturated carbocycles. The number of fused-ring (bicyclic) bond motifs is 2. The fourth-order valence-corrected chi connectivity index (χ4v) is 8.26. The van der Waals surface area contributed by atoms with Crippen LogP contribution in [0.2, 0.25) is 0 Å². The van der Waals surface area contributed by atoms with Gasteiger partial charge in [-0.15, -0.1) is 11.8 Å². The van der Waals surface area contributed by atoms with Gasteiger partial charge >= 0.3 is 5.97 Å². The summed E-state index contributed by atoms with van der Waals surface area (Å²) in [6, 6.07) is 9.07. The highest BCUT2D eigenvalue weighted by Gasteiger charge is 2.73. The predicted molar refractivity (Wildman–Crippen MR) is 133 cm³/mol. The molecule has 7 nitrogen and oxygen atoms in total. The number of cyclic esters (lactones) is 1. The maximum absolute atomic E-state index is 14.2. The predicted octanol–water partition coefficient (Wildman–Crippen LogP) is 2.55. The molecule has 1 N–H and O–H groups in total. The van der Waals surface area contributed by atoms with E-state index in [4.69, 9.17) is 4.74 Å². The SMILES string of the molecule is C[C@]12/C=C\CCCOC(=O)[C@H]1[C@H]1C(=O)N(CCCO)C3C(=O)N(Cc4ccccc4)CC=C[C@@]31S2. The Kier molecular flexibility index (Phi) is 6.53. The van der Waals surface area contributed by atoms with Crippen LogP contribution in [0.25, 0.3) is 0 Å². The van der Waals surface area contributed by atoms with Crippen molar-refractivity contribution in [3.8, 4) is 0 Å². The molecule has 5 rings (SSSR count). The second kappa shape index (κ2) is 9.47. The van der Waals surface area contributed by atoms with Crippen molar-refractivity contribution in [1.29, 1.82) is 0 Å². The number of nitrogens with zero attached hydrogens (tertiary/aromatic N) is 2. The van der Waals surface area contributed by atoms with Gasteiger partial charge in [0, 0.05) is 31.0 Å². The molecule has 0 bridgehead atoms. The summed E-state index contributed by atoms with van der Waals surface area (Å²) in [5.41, 5.74) is 1.02. The van der Waals surface area contributed by atoms with Crippen LogP contribution in [0.15, 0.2) is 54.6 Å².